The average molecular weight is 226 g/mol. The second-order valence-electron chi connectivity index (χ2n) is 4.00. The molecule has 1 aromatic rings. The predicted molar refractivity (Wildman–Crippen MR) is 64.3 cm³/mol. The van der Waals surface area contributed by atoms with E-state index in [1.807, 2.05) is 0 Å². The van der Waals surface area contributed by atoms with Gasteiger partial charge in [-0.15, -0.1) is 0 Å². The van der Waals surface area contributed by atoms with Crippen molar-refractivity contribution in [3.8, 4) is 0 Å². The third-order valence-corrected chi connectivity index (χ3v) is 2.85. The first-order valence-corrected chi connectivity index (χ1v) is 5.78. The van der Waals surface area contributed by atoms with E-state index in [1.54, 1.807) is 12.3 Å². The van der Waals surface area contributed by atoms with Gasteiger partial charge >= 0.3 is 0 Å². The minimum absolute atomic E-state index is 0.621. The molecule has 0 aromatic carbocycles. The smallest absolute Gasteiger partial charge is 0.147 e. The van der Waals surface area contributed by atoms with E-state index < -0.39 is 0 Å². The Morgan fingerprint density at radius 1 is 1.60 bits per heavy atom. The van der Waals surface area contributed by atoms with Crippen LogP contribution in [-0.4, -0.2) is 17.6 Å². The molecule has 0 atom stereocenters. The predicted octanol–water partition coefficient (Wildman–Crippen LogP) is 2.70. The van der Waals surface area contributed by atoms with Crippen LogP contribution in [0.3, 0.4) is 0 Å². The van der Waals surface area contributed by atoms with Crippen molar-refractivity contribution in [3.05, 3.63) is 17.3 Å². The summed E-state index contributed by atoms with van der Waals surface area (Å²) in [6.07, 6.45) is 5.29. The van der Waals surface area contributed by atoms with Crippen molar-refractivity contribution in [1.82, 2.24) is 4.98 Å². The summed E-state index contributed by atoms with van der Waals surface area (Å²) < 4.78 is 0. The zero-order chi connectivity index (χ0) is 10.8. The molecule has 1 heterocycles. The molecule has 15 heavy (non-hydrogen) atoms. The second-order valence-corrected chi connectivity index (χ2v) is 4.41. The quantitative estimate of drug-likeness (QED) is 0.857. The van der Waals surface area contributed by atoms with Crippen molar-refractivity contribution in [1.29, 1.82) is 0 Å². The van der Waals surface area contributed by atoms with Gasteiger partial charge in [-0.2, -0.15) is 0 Å². The molecule has 0 unspecified atom stereocenters. The van der Waals surface area contributed by atoms with Crippen molar-refractivity contribution < 1.29 is 0 Å². The Kier molecular flexibility index (Phi) is 3.00. The van der Waals surface area contributed by atoms with E-state index in [-0.39, 0.29) is 0 Å². The van der Waals surface area contributed by atoms with Gasteiger partial charge in [0, 0.05) is 12.6 Å². The van der Waals surface area contributed by atoms with Crippen LogP contribution in [0.15, 0.2) is 12.3 Å². The number of nitrogens with two attached hydrogens (primary N) is 1. The number of pyridine rings is 1. The first-order valence-electron chi connectivity index (χ1n) is 5.40. The van der Waals surface area contributed by atoms with Crippen LogP contribution in [0.25, 0.3) is 0 Å². The highest BCUT2D eigenvalue weighted by molar-refractivity contribution is 6.33. The minimum Gasteiger partial charge on any atom is -0.397 e. The second kappa shape index (κ2) is 4.27. The number of anilines is 2. The summed E-state index contributed by atoms with van der Waals surface area (Å²) in [6, 6.07) is 2.41. The number of halogens is 1. The molecule has 0 bridgehead atoms. The van der Waals surface area contributed by atoms with Crippen LogP contribution >= 0.6 is 11.6 Å². The molecule has 0 spiro atoms. The van der Waals surface area contributed by atoms with Crippen LogP contribution in [0, 0.1) is 0 Å². The highest BCUT2D eigenvalue weighted by atomic mass is 35.5. The molecule has 82 valence electrons. The zero-order valence-electron chi connectivity index (χ0n) is 8.91. The Bertz CT molecular complexity index is 350. The zero-order valence-corrected chi connectivity index (χ0v) is 9.67. The van der Waals surface area contributed by atoms with Gasteiger partial charge in [-0.05, 0) is 25.3 Å². The Morgan fingerprint density at radius 3 is 2.87 bits per heavy atom. The van der Waals surface area contributed by atoms with Crippen LogP contribution in [0.4, 0.5) is 11.5 Å². The van der Waals surface area contributed by atoms with E-state index in [1.165, 1.54) is 12.8 Å². The Morgan fingerprint density at radius 2 is 2.33 bits per heavy atom. The molecule has 0 saturated heterocycles. The molecule has 0 aliphatic heterocycles. The van der Waals surface area contributed by atoms with Crippen molar-refractivity contribution in [2.24, 2.45) is 0 Å². The van der Waals surface area contributed by atoms with Gasteiger partial charge in [0.25, 0.3) is 0 Å². The molecule has 1 saturated carbocycles. The van der Waals surface area contributed by atoms with E-state index in [0.717, 1.165) is 18.8 Å². The van der Waals surface area contributed by atoms with Crippen molar-refractivity contribution in [2.75, 3.05) is 17.2 Å². The van der Waals surface area contributed by atoms with Gasteiger partial charge in [-0.25, -0.2) is 4.98 Å². The SMILES string of the molecule is CCCN(c1ncc(N)cc1Cl)C1CC1. The fraction of sp³-hybridized carbons (Fsp3) is 0.545. The number of nitrogen functional groups attached to an aromatic ring is 1. The fourth-order valence-electron chi connectivity index (χ4n) is 1.75. The average Bonchev–Trinajstić information content (AvgIpc) is 2.98. The lowest BCUT2D eigenvalue weighted by molar-refractivity contribution is 0.751. The van der Waals surface area contributed by atoms with Crippen LogP contribution in [0.2, 0.25) is 5.02 Å². The molecular weight excluding hydrogens is 210 g/mol. The third kappa shape index (κ3) is 2.34. The van der Waals surface area contributed by atoms with Crippen molar-refractivity contribution >= 4 is 23.1 Å². The van der Waals surface area contributed by atoms with Crippen LogP contribution < -0.4 is 10.6 Å². The fourth-order valence-corrected chi connectivity index (χ4v) is 2.03. The van der Waals surface area contributed by atoms with E-state index >= 15 is 0 Å². The molecule has 2 N–H and O–H groups in total. The normalized spacial score (nSPS) is 15.3. The Balaban J connectivity index is 2.24. The van der Waals surface area contributed by atoms with Crippen LogP contribution in [0.5, 0.6) is 0 Å². The van der Waals surface area contributed by atoms with Gasteiger partial charge in [0.2, 0.25) is 0 Å². The van der Waals surface area contributed by atoms with Crippen LogP contribution in [-0.2, 0) is 0 Å². The summed E-state index contributed by atoms with van der Waals surface area (Å²) in [5.41, 5.74) is 6.25. The van der Waals surface area contributed by atoms with Gasteiger partial charge in [0.15, 0.2) is 0 Å². The third-order valence-electron chi connectivity index (χ3n) is 2.57. The minimum atomic E-state index is 0.621. The Hall–Kier alpha value is -0.960. The van der Waals surface area contributed by atoms with Crippen molar-refractivity contribution in [2.45, 2.75) is 32.2 Å². The lowest BCUT2D eigenvalue weighted by Crippen LogP contribution is -2.27. The number of rotatable bonds is 4. The summed E-state index contributed by atoms with van der Waals surface area (Å²) in [5.74, 6) is 0.884. The van der Waals surface area contributed by atoms with Gasteiger partial charge in [0.05, 0.1) is 16.9 Å². The first kappa shape index (κ1) is 10.6. The number of nitrogens with zero attached hydrogens (tertiary/aromatic N) is 2. The molecule has 1 aliphatic rings. The maximum Gasteiger partial charge on any atom is 0.147 e. The lowest BCUT2D eigenvalue weighted by atomic mass is 10.3. The van der Waals surface area contributed by atoms with Crippen LogP contribution in [0.1, 0.15) is 26.2 Å². The summed E-state index contributed by atoms with van der Waals surface area (Å²) >= 11 is 6.15. The summed E-state index contributed by atoms with van der Waals surface area (Å²) in [7, 11) is 0. The number of hydrogen-bond donors (Lipinski definition) is 1. The molecule has 2 rings (SSSR count). The largest absolute Gasteiger partial charge is 0.397 e. The standard InChI is InChI=1S/C11H16ClN3/c1-2-5-15(9-3-4-9)11-10(12)6-8(13)7-14-11/h6-7,9H,2-5,13H2,1H3. The molecule has 3 nitrogen and oxygen atoms in total. The molecule has 0 radical (unpaired) electrons. The topological polar surface area (TPSA) is 42.2 Å². The molecule has 1 fully saturated rings. The monoisotopic (exact) mass is 225 g/mol. The molecule has 1 aliphatic carbocycles. The van der Waals surface area contributed by atoms with E-state index in [4.69, 9.17) is 17.3 Å². The van der Waals surface area contributed by atoms with Gasteiger partial charge in [-0.3, -0.25) is 0 Å². The summed E-state index contributed by atoms with van der Waals surface area (Å²) in [5, 5.41) is 0.662. The molecular formula is C11H16ClN3. The number of aromatic nitrogens is 1. The van der Waals surface area contributed by atoms with E-state index in [0.29, 0.717) is 16.8 Å². The first-order chi connectivity index (χ1) is 7.22. The summed E-state index contributed by atoms with van der Waals surface area (Å²) in [4.78, 5) is 6.62. The maximum atomic E-state index is 6.15. The number of hydrogen-bond acceptors (Lipinski definition) is 3. The summed E-state index contributed by atoms with van der Waals surface area (Å²) in [6.45, 7) is 3.18. The molecule has 4 heteroatoms. The van der Waals surface area contributed by atoms with Crippen molar-refractivity contribution in [3.63, 3.8) is 0 Å². The van der Waals surface area contributed by atoms with Gasteiger partial charge in [-0.1, -0.05) is 18.5 Å². The highest BCUT2D eigenvalue weighted by Crippen LogP contribution is 2.34. The lowest BCUT2D eigenvalue weighted by Gasteiger charge is -2.23. The van der Waals surface area contributed by atoms with E-state index in [9.17, 15) is 0 Å². The maximum absolute atomic E-state index is 6.15. The molecule has 1 aromatic heterocycles. The van der Waals surface area contributed by atoms with E-state index in [2.05, 4.69) is 16.8 Å². The van der Waals surface area contributed by atoms with Gasteiger partial charge in [0.1, 0.15) is 5.82 Å². The highest BCUT2D eigenvalue weighted by Gasteiger charge is 2.30. The molecule has 0 amide bonds. The Labute approximate surface area is 95.2 Å². The van der Waals surface area contributed by atoms with Gasteiger partial charge < -0.3 is 10.6 Å².